The fourth-order valence-corrected chi connectivity index (χ4v) is 4.09. The van der Waals surface area contributed by atoms with Gasteiger partial charge in [-0.15, -0.1) is 0 Å². The predicted octanol–water partition coefficient (Wildman–Crippen LogP) is 2.07. The van der Waals surface area contributed by atoms with Crippen molar-refractivity contribution in [2.24, 2.45) is 5.92 Å². The van der Waals surface area contributed by atoms with Crippen LogP contribution in [0.15, 0.2) is 0 Å². The van der Waals surface area contributed by atoms with Gasteiger partial charge >= 0.3 is 0 Å². The standard InChI is InChI=1S/C15H28N2O/c1-2-9-16-14(5-1)13-4-3-6-15(13)17-12-7-10-18-11-8-12/h12-17H,1-11H2. The second kappa shape index (κ2) is 6.36. The first kappa shape index (κ1) is 12.9. The van der Waals surface area contributed by atoms with Crippen LogP contribution in [0, 0.1) is 5.92 Å². The number of ether oxygens (including phenoxy) is 1. The lowest BCUT2D eigenvalue weighted by atomic mass is 9.87. The lowest BCUT2D eigenvalue weighted by Crippen LogP contribution is -2.50. The van der Waals surface area contributed by atoms with E-state index >= 15 is 0 Å². The van der Waals surface area contributed by atoms with E-state index in [2.05, 4.69) is 10.6 Å². The fraction of sp³-hybridized carbons (Fsp3) is 1.00. The van der Waals surface area contributed by atoms with Crippen molar-refractivity contribution in [3.8, 4) is 0 Å². The first-order valence-corrected chi connectivity index (χ1v) is 8.00. The first-order chi connectivity index (χ1) is 8.93. The zero-order valence-corrected chi connectivity index (χ0v) is 11.5. The summed E-state index contributed by atoms with van der Waals surface area (Å²) in [5.74, 6) is 0.883. The summed E-state index contributed by atoms with van der Waals surface area (Å²) in [5.41, 5.74) is 0. The Bertz CT molecular complexity index is 247. The van der Waals surface area contributed by atoms with Gasteiger partial charge in [0.2, 0.25) is 0 Å². The van der Waals surface area contributed by atoms with E-state index < -0.39 is 0 Å². The summed E-state index contributed by atoms with van der Waals surface area (Å²) in [6.07, 6.45) is 10.9. The molecule has 0 bridgehead atoms. The second-order valence-corrected chi connectivity index (χ2v) is 6.31. The highest BCUT2D eigenvalue weighted by molar-refractivity contribution is 4.93. The van der Waals surface area contributed by atoms with E-state index in [1.54, 1.807) is 0 Å². The van der Waals surface area contributed by atoms with E-state index in [1.165, 1.54) is 57.9 Å². The molecule has 2 N–H and O–H groups in total. The van der Waals surface area contributed by atoms with Gasteiger partial charge in [0.1, 0.15) is 0 Å². The molecule has 0 aromatic rings. The molecule has 2 heterocycles. The molecule has 3 aliphatic rings. The van der Waals surface area contributed by atoms with Gasteiger partial charge in [0.05, 0.1) is 0 Å². The molecule has 0 amide bonds. The lowest BCUT2D eigenvalue weighted by molar-refractivity contribution is 0.0718. The largest absolute Gasteiger partial charge is 0.381 e. The van der Waals surface area contributed by atoms with Gasteiger partial charge in [-0.25, -0.2) is 0 Å². The Morgan fingerprint density at radius 1 is 0.889 bits per heavy atom. The van der Waals surface area contributed by atoms with Crippen LogP contribution < -0.4 is 10.6 Å². The minimum absolute atomic E-state index is 0.716. The molecule has 1 saturated carbocycles. The van der Waals surface area contributed by atoms with Crippen LogP contribution in [0.4, 0.5) is 0 Å². The van der Waals surface area contributed by atoms with Crippen molar-refractivity contribution in [2.45, 2.75) is 69.5 Å². The predicted molar refractivity (Wildman–Crippen MR) is 73.7 cm³/mol. The molecule has 3 rings (SSSR count). The highest BCUT2D eigenvalue weighted by Crippen LogP contribution is 2.32. The third kappa shape index (κ3) is 3.06. The zero-order chi connectivity index (χ0) is 12.2. The van der Waals surface area contributed by atoms with Crippen LogP contribution in [0.2, 0.25) is 0 Å². The number of hydrogen-bond donors (Lipinski definition) is 2. The molecule has 3 unspecified atom stereocenters. The molecule has 1 aliphatic carbocycles. The molecule has 2 saturated heterocycles. The van der Waals surface area contributed by atoms with Crippen molar-refractivity contribution < 1.29 is 4.74 Å². The van der Waals surface area contributed by atoms with Crippen LogP contribution in [-0.4, -0.2) is 37.9 Å². The van der Waals surface area contributed by atoms with Crippen LogP contribution in [0.5, 0.6) is 0 Å². The molecule has 0 spiro atoms. The van der Waals surface area contributed by atoms with Crippen LogP contribution >= 0.6 is 0 Å². The van der Waals surface area contributed by atoms with E-state index in [-0.39, 0.29) is 0 Å². The Labute approximate surface area is 111 Å². The Balaban J connectivity index is 1.53. The molecule has 3 fully saturated rings. The Morgan fingerprint density at radius 2 is 1.78 bits per heavy atom. The second-order valence-electron chi connectivity index (χ2n) is 6.31. The Kier molecular flexibility index (Phi) is 4.55. The third-order valence-electron chi connectivity index (χ3n) is 5.11. The van der Waals surface area contributed by atoms with E-state index in [1.807, 2.05) is 0 Å². The summed E-state index contributed by atoms with van der Waals surface area (Å²) in [5, 5.41) is 7.71. The molecule has 104 valence electrons. The van der Waals surface area contributed by atoms with Crippen molar-refractivity contribution in [1.82, 2.24) is 10.6 Å². The number of nitrogens with one attached hydrogen (secondary N) is 2. The van der Waals surface area contributed by atoms with Gasteiger partial charge in [-0.3, -0.25) is 0 Å². The minimum Gasteiger partial charge on any atom is -0.381 e. The molecule has 3 heteroatoms. The maximum Gasteiger partial charge on any atom is 0.0480 e. The van der Waals surface area contributed by atoms with Crippen LogP contribution in [0.25, 0.3) is 0 Å². The monoisotopic (exact) mass is 252 g/mol. The molecule has 2 aliphatic heterocycles. The summed E-state index contributed by atoms with van der Waals surface area (Å²) in [6, 6.07) is 2.27. The maximum atomic E-state index is 5.46. The molecular formula is C15H28N2O. The van der Waals surface area contributed by atoms with Gasteiger partial charge in [0, 0.05) is 31.3 Å². The highest BCUT2D eigenvalue weighted by atomic mass is 16.5. The maximum absolute atomic E-state index is 5.46. The first-order valence-electron chi connectivity index (χ1n) is 8.00. The zero-order valence-electron chi connectivity index (χ0n) is 11.5. The van der Waals surface area contributed by atoms with E-state index in [9.17, 15) is 0 Å². The summed E-state index contributed by atoms with van der Waals surface area (Å²) in [6.45, 7) is 3.15. The number of rotatable bonds is 3. The number of piperidine rings is 1. The fourth-order valence-electron chi connectivity index (χ4n) is 4.09. The third-order valence-corrected chi connectivity index (χ3v) is 5.11. The molecule has 3 atom stereocenters. The Hall–Kier alpha value is -0.120. The minimum atomic E-state index is 0.716. The average Bonchev–Trinajstić information content (AvgIpc) is 2.89. The lowest BCUT2D eigenvalue weighted by Gasteiger charge is -2.35. The van der Waals surface area contributed by atoms with E-state index in [0.717, 1.165) is 31.2 Å². The van der Waals surface area contributed by atoms with Crippen LogP contribution in [0.1, 0.15) is 51.4 Å². The van der Waals surface area contributed by atoms with E-state index in [0.29, 0.717) is 6.04 Å². The van der Waals surface area contributed by atoms with Gasteiger partial charge in [0.15, 0.2) is 0 Å². The van der Waals surface area contributed by atoms with Crippen molar-refractivity contribution in [3.05, 3.63) is 0 Å². The van der Waals surface area contributed by atoms with Crippen LogP contribution in [0.3, 0.4) is 0 Å². The summed E-state index contributed by atoms with van der Waals surface area (Å²) >= 11 is 0. The quantitative estimate of drug-likeness (QED) is 0.807. The van der Waals surface area contributed by atoms with Crippen molar-refractivity contribution in [3.63, 3.8) is 0 Å². The average molecular weight is 252 g/mol. The normalized spacial score (nSPS) is 39.0. The molecule has 3 nitrogen and oxygen atoms in total. The van der Waals surface area contributed by atoms with Gasteiger partial charge in [-0.2, -0.15) is 0 Å². The van der Waals surface area contributed by atoms with Crippen LogP contribution in [-0.2, 0) is 4.74 Å². The topological polar surface area (TPSA) is 33.3 Å². The Morgan fingerprint density at radius 3 is 2.56 bits per heavy atom. The van der Waals surface area contributed by atoms with Crippen molar-refractivity contribution >= 4 is 0 Å². The molecule has 0 aromatic heterocycles. The highest BCUT2D eigenvalue weighted by Gasteiger charge is 2.35. The van der Waals surface area contributed by atoms with Gasteiger partial charge in [-0.05, 0) is 51.0 Å². The summed E-state index contributed by atoms with van der Waals surface area (Å²) in [4.78, 5) is 0. The van der Waals surface area contributed by atoms with Gasteiger partial charge < -0.3 is 15.4 Å². The molecular weight excluding hydrogens is 224 g/mol. The smallest absolute Gasteiger partial charge is 0.0480 e. The van der Waals surface area contributed by atoms with Gasteiger partial charge in [0.25, 0.3) is 0 Å². The number of hydrogen-bond acceptors (Lipinski definition) is 3. The SMILES string of the molecule is C1CCC(C2CCCC2NC2CCOCC2)NC1. The molecule has 0 radical (unpaired) electrons. The van der Waals surface area contributed by atoms with E-state index in [4.69, 9.17) is 4.74 Å². The van der Waals surface area contributed by atoms with Crippen molar-refractivity contribution in [2.75, 3.05) is 19.8 Å². The molecule has 18 heavy (non-hydrogen) atoms. The van der Waals surface area contributed by atoms with Crippen molar-refractivity contribution in [1.29, 1.82) is 0 Å². The summed E-state index contributed by atoms with van der Waals surface area (Å²) in [7, 11) is 0. The molecule has 0 aromatic carbocycles. The van der Waals surface area contributed by atoms with Gasteiger partial charge in [-0.1, -0.05) is 12.8 Å². The summed E-state index contributed by atoms with van der Waals surface area (Å²) < 4.78 is 5.46.